The summed E-state index contributed by atoms with van der Waals surface area (Å²) in [5.74, 6) is 1.93. The van der Waals surface area contributed by atoms with E-state index in [1.165, 1.54) is 0 Å². The minimum absolute atomic E-state index is 0.0617. The molecule has 0 atom stereocenters. The van der Waals surface area contributed by atoms with E-state index in [9.17, 15) is 9.59 Å². The predicted molar refractivity (Wildman–Crippen MR) is 122 cm³/mol. The summed E-state index contributed by atoms with van der Waals surface area (Å²) >= 11 is 5.94. The molecule has 3 heterocycles. The number of hydrogen-bond donors (Lipinski definition) is 0. The van der Waals surface area contributed by atoms with Gasteiger partial charge < -0.3 is 14.2 Å². The molecular weight excluding hydrogens is 442 g/mol. The van der Waals surface area contributed by atoms with Crippen molar-refractivity contribution < 1.29 is 18.8 Å². The zero-order valence-electron chi connectivity index (χ0n) is 18.1. The van der Waals surface area contributed by atoms with E-state index >= 15 is 0 Å². The molecule has 2 aliphatic heterocycles. The number of ether oxygens (including phenoxy) is 1. The van der Waals surface area contributed by atoms with Gasteiger partial charge in [0.15, 0.2) is 11.6 Å². The Morgan fingerprint density at radius 3 is 2.70 bits per heavy atom. The Hall–Kier alpha value is -3.03. The summed E-state index contributed by atoms with van der Waals surface area (Å²) in [6, 6.07) is 12.9. The topological polar surface area (TPSA) is 85.5 Å². The maximum absolute atomic E-state index is 12.6. The molecule has 1 aromatic heterocycles. The first-order valence-electron chi connectivity index (χ1n) is 11.2. The average Bonchev–Trinajstić information content (AvgIpc) is 3.44. The van der Waals surface area contributed by atoms with Gasteiger partial charge in [0.25, 0.3) is 0 Å². The Morgan fingerprint density at radius 2 is 1.91 bits per heavy atom. The van der Waals surface area contributed by atoms with E-state index in [1.807, 2.05) is 30.3 Å². The highest BCUT2D eigenvalue weighted by Gasteiger charge is 2.26. The van der Waals surface area contributed by atoms with Crippen LogP contribution in [-0.4, -0.2) is 46.4 Å². The van der Waals surface area contributed by atoms with Crippen molar-refractivity contribution in [2.24, 2.45) is 0 Å². The van der Waals surface area contributed by atoms with Gasteiger partial charge in [-0.1, -0.05) is 41.0 Å². The molecular formula is C25H24ClN3O4. The van der Waals surface area contributed by atoms with Crippen molar-refractivity contribution in [1.29, 1.82) is 0 Å². The van der Waals surface area contributed by atoms with Crippen LogP contribution in [-0.2, 0) is 17.6 Å². The Labute approximate surface area is 196 Å². The predicted octanol–water partition coefficient (Wildman–Crippen LogP) is 4.23. The van der Waals surface area contributed by atoms with Gasteiger partial charge in [0.05, 0.1) is 6.42 Å². The van der Waals surface area contributed by atoms with Crippen LogP contribution >= 0.6 is 11.6 Å². The summed E-state index contributed by atoms with van der Waals surface area (Å²) < 4.78 is 10.7. The SMILES string of the molecule is O=C1Cc2ccc(C(=O)CCN3CCC(c4nc(Cc5ccc(Cl)cc5)no4)CC3)cc2O1. The van der Waals surface area contributed by atoms with Gasteiger partial charge in [-0.05, 0) is 49.7 Å². The van der Waals surface area contributed by atoms with Gasteiger partial charge in [-0.25, -0.2) is 0 Å². The lowest BCUT2D eigenvalue weighted by Crippen LogP contribution is -2.34. The number of ketones is 1. The second-order valence-corrected chi connectivity index (χ2v) is 9.05. The standard InChI is InChI=1S/C25H24ClN3O4/c26-20-5-1-16(2-6-20)13-23-27-25(33-28-23)17-7-10-29(11-8-17)12-9-21(30)18-3-4-19-15-24(31)32-22(19)14-18/h1-6,14,17H,7-13,15H2. The van der Waals surface area contributed by atoms with Crippen molar-refractivity contribution >= 4 is 23.4 Å². The van der Waals surface area contributed by atoms with Crippen LogP contribution < -0.4 is 4.74 Å². The van der Waals surface area contributed by atoms with Crippen molar-refractivity contribution in [2.75, 3.05) is 19.6 Å². The number of piperidine rings is 1. The van der Waals surface area contributed by atoms with Gasteiger partial charge in [0.1, 0.15) is 5.75 Å². The first-order chi connectivity index (χ1) is 16.0. The lowest BCUT2D eigenvalue weighted by Gasteiger charge is -2.30. The fourth-order valence-corrected chi connectivity index (χ4v) is 4.51. The van der Waals surface area contributed by atoms with E-state index in [0.717, 1.165) is 37.1 Å². The van der Waals surface area contributed by atoms with Gasteiger partial charge >= 0.3 is 5.97 Å². The van der Waals surface area contributed by atoms with Crippen molar-refractivity contribution in [3.05, 3.63) is 75.9 Å². The number of carbonyl (C=O) groups is 2. The van der Waals surface area contributed by atoms with Crippen molar-refractivity contribution in [1.82, 2.24) is 15.0 Å². The van der Waals surface area contributed by atoms with E-state index in [1.54, 1.807) is 12.1 Å². The number of benzene rings is 2. The quantitative estimate of drug-likeness (QED) is 0.293. The third-order valence-electron chi connectivity index (χ3n) is 6.30. The largest absolute Gasteiger partial charge is 0.426 e. The number of rotatable bonds is 7. The summed E-state index contributed by atoms with van der Waals surface area (Å²) in [6.45, 7) is 2.47. The van der Waals surface area contributed by atoms with Crippen LogP contribution in [0.1, 0.15) is 58.4 Å². The zero-order valence-corrected chi connectivity index (χ0v) is 18.9. The molecule has 170 valence electrons. The number of nitrogens with zero attached hydrogens (tertiary/aromatic N) is 3. The molecule has 0 amide bonds. The van der Waals surface area contributed by atoms with Gasteiger partial charge in [-0.15, -0.1) is 0 Å². The van der Waals surface area contributed by atoms with Crippen LogP contribution in [0, 0.1) is 0 Å². The van der Waals surface area contributed by atoms with Crippen LogP contribution in [0.2, 0.25) is 5.02 Å². The number of fused-ring (bicyclic) bond motifs is 1. The Bertz CT molecular complexity index is 1170. The Morgan fingerprint density at radius 1 is 1.12 bits per heavy atom. The molecule has 2 aliphatic rings. The third-order valence-corrected chi connectivity index (χ3v) is 6.55. The second-order valence-electron chi connectivity index (χ2n) is 8.61. The monoisotopic (exact) mass is 465 g/mol. The first kappa shape index (κ1) is 21.8. The van der Waals surface area contributed by atoms with Crippen LogP contribution in [0.25, 0.3) is 0 Å². The van der Waals surface area contributed by atoms with Gasteiger partial charge in [-0.2, -0.15) is 4.98 Å². The molecule has 3 aromatic rings. The van der Waals surface area contributed by atoms with Crippen molar-refractivity contribution in [2.45, 2.75) is 38.0 Å². The first-order valence-corrected chi connectivity index (χ1v) is 11.6. The van der Waals surface area contributed by atoms with E-state index in [0.29, 0.717) is 47.4 Å². The number of Topliss-reactive ketones (excluding diaryl/α,β-unsaturated/α-hetero) is 1. The molecule has 1 fully saturated rings. The van der Waals surface area contributed by atoms with E-state index < -0.39 is 0 Å². The van der Waals surface area contributed by atoms with Crippen LogP contribution in [0.3, 0.4) is 0 Å². The molecule has 7 nitrogen and oxygen atoms in total. The maximum atomic E-state index is 12.6. The van der Waals surface area contributed by atoms with Crippen molar-refractivity contribution in [3.63, 3.8) is 0 Å². The molecule has 2 aromatic carbocycles. The molecule has 33 heavy (non-hydrogen) atoms. The maximum Gasteiger partial charge on any atom is 0.315 e. The number of likely N-dealkylation sites (tertiary alicyclic amines) is 1. The van der Waals surface area contributed by atoms with E-state index in [-0.39, 0.29) is 24.1 Å². The summed E-state index contributed by atoms with van der Waals surface area (Å²) in [5, 5.41) is 4.85. The second kappa shape index (κ2) is 9.45. The highest BCUT2D eigenvalue weighted by atomic mass is 35.5. The normalized spacial score (nSPS) is 16.6. The van der Waals surface area contributed by atoms with Crippen molar-refractivity contribution in [3.8, 4) is 5.75 Å². The number of carbonyl (C=O) groups excluding carboxylic acids is 2. The highest BCUT2D eigenvalue weighted by Crippen LogP contribution is 2.29. The summed E-state index contributed by atoms with van der Waals surface area (Å²) in [5.41, 5.74) is 2.53. The smallest absolute Gasteiger partial charge is 0.315 e. The molecule has 1 saturated heterocycles. The third kappa shape index (κ3) is 5.15. The zero-order chi connectivity index (χ0) is 22.8. The molecule has 0 saturated carbocycles. The van der Waals surface area contributed by atoms with Crippen LogP contribution in [0.15, 0.2) is 47.0 Å². The van der Waals surface area contributed by atoms with Gasteiger partial charge in [-0.3, -0.25) is 9.59 Å². The number of hydrogen-bond acceptors (Lipinski definition) is 7. The summed E-state index contributed by atoms with van der Waals surface area (Å²) in [4.78, 5) is 30.9. The fourth-order valence-electron chi connectivity index (χ4n) is 4.38. The highest BCUT2D eigenvalue weighted by molar-refractivity contribution is 6.30. The fraction of sp³-hybridized carbons (Fsp3) is 0.360. The van der Waals surface area contributed by atoms with Crippen LogP contribution in [0.5, 0.6) is 5.75 Å². The molecule has 0 N–H and O–H groups in total. The molecule has 8 heteroatoms. The molecule has 0 bridgehead atoms. The minimum atomic E-state index is -0.268. The Balaban J connectivity index is 1.09. The number of halogens is 1. The summed E-state index contributed by atoms with van der Waals surface area (Å²) in [7, 11) is 0. The Kier molecular flexibility index (Phi) is 6.24. The van der Waals surface area contributed by atoms with Crippen LogP contribution in [0.4, 0.5) is 0 Å². The lowest BCUT2D eigenvalue weighted by atomic mass is 9.96. The van der Waals surface area contributed by atoms with E-state index in [4.69, 9.17) is 20.9 Å². The number of esters is 1. The average molecular weight is 466 g/mol. The lowest BCUT2D eigenvalue weighted by molar-refractivity contribution is -0.131. The molecule has 5 rings (SSSR count). The molecule has 0 aliphatic carbocycles. The minimum Gasteiger partial charge on any atom is -0.426 e. The van der Waals surface area contributed by atoms with Gasteiger partial charge in [0, 0.05) is 41.5 Å². The van der Waals surface area contributed by atoms with Gasteiger partial charge in [0.2, 0.25) is 5.89 Å². The summed E-state index contributed by atoms with van der Waals surface area (Å²) in [6.07, 6.45) is 3.17. The number of aromatic nitrogens is 2. The molecule has 0 spiro atoms. The molecule has 0 unspecified atom stereocenters. The van der Waals surface area contributed by atoms with E-state index in [2.05, 4.69) is 15.0 Å². The molecule has 0 radical (unpaired) electrons.